The van der Waals surface area contributed by atoms with Gasteiger partial charge in [-0.05, 0) is 38.0 Å². The van der Waals surface area contributed by atoms with Crippen LogP contribution in [0.1, 0.15) is 33.0 Å². The molecule has 0 aliphatic carbocycles. The van der Waals surface area contributed by atoms with Gasteiger partial charge in [0, 0.05) is 18.2 Å². The molecule has 0 bridgehead atoms. The lowest BCUT2D eigenvalue weighted by Crippen LogP contribution is -2.46. The molecule has 1 heterocycles. The summed E-state index contributed by atoms with van der Waals surface area (Å²) in [6, 6.07) is -2.01. The van der Waals surface area contributed by atoms with Gasteiger partial charge in [0.05, 0.1) is 6.85 Å². The lowest BCUT2D eigenvalue weighted by molar-refractivity contribution is -0.118. The van der Waals surface area contributed by atoms with Crippen LogP contribution in [0.5, 0.6) is 0 Å². The number of carbonyl (C=O) groups is 1. The molecule has 1 N–H and O–H groups in total. The zero-order chi connectivity index (χ0) is 16.4. The number of rotatable bonds is 3. The molecule has 0 unspecified atom stereocenters. The molecule has 1 aliphatic rings. The van der Waals surface area contributed by atoms with Crippen molar-refractivity contribution < 1.29 is 11.6 Å². The SMILES string of the molecule is [2H]c1c([2H])c([2H])c(N(C(=O)CC)C2CCNCC2)c([2H])c1[2H]. The number of carbonyl (C=O) groups excluding carboxylic acids is 1. The number of para-hydroxylation sites is 1. The molecule has 0 aromatic heterocycles. The first-order valence-corrected chi connectivity index (χ1v) is 5.99. The van der Waals surface area contributed by atoms with E-state index in [4.69, 9.17) is 6.85 Å². The number of amides is 1. The Labute approximate surface area is 110 Å². The molecule has 1 amide bonds. The van der Waals surface area contributed by atoms with Gasteiger partial charge in [-0.15, -0.1) is 0 Å². The molecular formula is C14H20N2O. The topological polar surface area (TPSA) is 32.3 Å². The summed E-state index contributed by atoms with van der Waals surface area (Å²) in [6.07, 6.45) is 1.63. The van der Waals surface area contributed by atoms with Crippen molar-refractivity contribution in [2.45, 2.75) is 32.2 Å². The lowest BCUT2D eigenvalue weighted by atomic mass is 10.0. The Morgan fingerprint density at radius 1 is 1.41 bits per heavy atom. The number of anilines is 1. The van der Waals surface area contributed by atoms with Crippen molar-refractivity contribution >= 4 is 11.6 Å². The average molecular weight is 237 g/mol. The van der Waals surface area contributed by atoms with Gasteiger partial charge in [0.1, 0.15) is 0 Å². The van der Waals surface area contributed by atoms with E-state index in [1.165, 1.54) is 4.90 Å². The van der Waals surface area contributed by atoms with Crippen LogP contribution in [0.3, 0.4) is 0 Å². The highest BCUT2D eigenvalue weighted by Crippen LogP contribution is 2.22. The standard InChI is InChI=1S/C14H20N2O/c1-2-14(17)16(12-6-4-3-5-7-12)13-8-10-15-11-9-13/h3-7,13,15H,2,8-11H2,1H3/i3D,4D,5D,6D,7D. The Bertz CT molecular complexity index is 558. The van der Waals surface area contributed by atoms with E-state index < -0.39 is 18.1 Å². The molecule has 0 spiro atoms. The smallest absolute Gasteiger partial charge is 0.226 e. The number of nitrogens with zero attached hydrogens (tertiary/aromatic N) is 1. The molecule has 3 nitrogen and oxygen atoms in total. The van der Waals surface area contributed by atoms with Crippen LogP contribution < -0.4 is 10.2 Å². The van der Waals surface area contributed by atoms with Crippen molar-refractivity contribution in [3.8, 4) is 0 Å². The van der Waals surface area contributed by atoms with Crippen molar-refractivity contribution in [2.75, 3.05) is 18.0 Å². The van der Waals surface area contributed by atoms with Gasteiger partial charge in [0.25, 0.3) is 0 Å². The number of nitrogens with one attached hydrogen (secondary N) is 1. The molecule has 0 atom stereocenters. The highest BCUT2D eigenvalue weighted by Gasteiger charge is 2.25. The van der Waals surface area contributed by atoms with Gasteiger partial charge >= 0.3 is 0 Å². The third-order valence-electron chi connectivity index (χ3n) is 2.97. The Hall–Kier alpha value is -1.35. The highest BCUT2D eigenvalue weighted by atomic mass is 16.2. The maximum atomic E-state index is 12.4. The van der Waals surface area contributed by atoms with Crippen molar-refractivity contribution in [3.63, 3.8) is 0 Å². The molecule has 0 saturated carbocycles. The van der Waals surface area contributed by atoms with E-state index in [-0.39, 0.29) is 36.1 Å². The second-order valence-corrected chi connectivity index (χ2v) is 4.07. The van der Waals surface area contributed by atoms with Crippen molar-refractivity contribution in [2.24, 2.45) is 0 Å². The zero-order valence-corrected chi connectivity index (χ0v) is 9.97. The van der Waals surface area contributed by atoms with Crippen LogP contribution in [0.25, 0.3) is 0 Å². The largest absolute Gasteiger partial charge is 0.317 e. The minimum absolute atomic E-state index is 0.00440. The fourth-order valence-corrected chi connectivity index (χ4v) is 2.11. The summed E-state index contributed by atoms with van der Waals surface area (Å²) >= 11 is 0. The summed E-state index contributed by atoms with van der Waals surface area (Å²) in [4.78, 5) is 13.8. The van der Waals surface area contributed by atoms with Crippen LogP contribution in [0.15, 0.2) is 30.2 Å². The summed E-state index contributed by atoms with van der Waals surface area (Å²) in [6.45, 7) is 3.21. The van der Waals surface area contributed by atoms with E-state index >= 15 is 0 Å². The predicted molar refractivity (Wildman–Crippen MR) is 70.1 cm³/mol. The summed E-state index contributed by atoms with van der Waals surface area (Å²) in [7, 11) is 0. The molecule has 2 rings (SSSR count). The fraction of sp³-hybridized carbons (Fsp3) is 0.500. The Morgan fingerprint density at radius 3 is 2.65 bits per heavy atom. The van der Waals surface area contributed by atoms with E-state index in [2.05, 4.69) is 5.32 Å². The van der Waals surface area contributed by atoms with Crippen molar-refractivity contribution in [3.05, 3.63) is 30.2 Å². The van der Waals surface area contributed by atoms with Crippen LogP contribution in [-0.4, -0.2) is 25.0 Å². The quantitative estimate of drug-likeness (QED) is 0.874. The highest BCUT2D eigenvalue weighted by molar-refractivity contribution is 5.93. The molecule has 0 radical (unpaired) electrons. The van der Waals surface area contributed by atoms with Gasteiger partial charge in [-0.25, -0.2) is 0 Å². The van der Waals surface area contributed by atoms with Crippen LogP contribution in [0.4, 0.5) is 5.69 Å². The number of hydrogen-bond donors (Lipinski definition) is 1. The second kappa shape index (κ2) is 5.82. The van der Waals surface area contributed by atoms with E-state index in [1.54, 1.807) is 6.92 Å². The first-order valence-electron chi connectivity index (χ1n) is 8.49. The number of piperidine rings is 1. The molecule has 17 heavy (non-hydrogen) atoms. The first-order chi connectivity index (χ1) is 10.4. The van der Waals surface area contributed by atoms with E-state index in [0.29, 0.717) is 12.8 Å². The van der Waals surface area contributed by atoms with E-state index in [0.717, 1.165) is 13.1 Å². The molecule has 92 valence electrons. The number of hydrogen-bond acceptors (Lipinski definition) is 2. The third kappa shape index (κ3) is 2.86. The van der Waals surface area contributed by atoms with Crippen LogP contribution >= 0.6 is 0 Å². The first kappa shape index (κ1) is 7.17. The van der Waals surface area contributed by atoms with Gasteiger partial charge in [-0.3, -0.25) is 4.79 Å². The summed E-state index contributed by atoms with van der Waals surface area (Å²) in [5.41, 5.74) is 0.00440. The maximum absolute atomic E-state index is 12.4. The zero-order valence-electron chi connectivity index (χ0n) is 15.0. The van der Waals surface area contributed by atoms with Gasteiger partial charge in [0.2, 0.25) is 5.91 Å². The minimum Gasteiger partial charge on any atom is -0.317 e. The fourth-order valence-electron chi connectivity index (χ4n) is 2.11. The van der Waals surface area contributed by atoms with Gasteiger partial charge < -0.3 is 10.2 Å². The molecule has 1 aromatic carbocycles. The van der Waals surface area contributed by atoms with Crippen molar-refractivity contribution in [1.82, 2.24) is 5.32 Å². The third-order valence-corrected chi connectivity index (χ3v) is 2.97. The molecule has 1 fully saturated rings. The van der Waals surface area contributed by atoms with Crippen molar-refractivity contribution in [1.29, 1.82) is 0 Å². The molecule has 1 aromatic rings. The van der Waals surface area contributed by atoms with Crippen LogP contribution in [0.2, 0.25) is 0 Å². The van der Waals surface area contributed by atoms with E-state index in [9.17, 15) is 4.79 Å². The summed E-state index contributed by atoms with van der Waals surface area (Å²) in [5, 5.41) is 3.20. The Morgan fingerprint density at radius 2 is 2.06 bits per heavy atom. The molecule has 1 saturated heterocycles. The molecule has 3 heteroatoms. The van der Waals surface area contributed by atoms with Crippen LogP contribution in [-0.2, 0) is 4.79 Å². The minimum atomic E-state index is -0.437. The molecular weight excluding hydrogens is 212 g/mol. The second-order valence-electron chi connectivity index (χ2n) is 4.07. The van der Waals surface area contributed by atoms with Gasteiger partial charge in [-0.2, -0.15) is 0 Å². The lowest BCUT2D eigenvalue weighted by Gasteiger charge is -2.34. The summed E-state index contributed by atoms with van der Waals surface area (Å²) < 4.78 is 39.4. The maximum Gasteiger partial charge on any atom is 0.226 e. The van der Waals surface area contributed by atoms with Gasteiger partial charge in [-0.1, -0.05) is 25.1 Å². The Balaban J connectivity index is 2.59. The normalized spacial score (nSPS) is 20.9. The van der Waals surface area contributed by atoms with E-state index in [1.807, 2.05) is 0 Å². The Kier molecular flexibility index (Phi) is 2.45. The summed E-state index contributed by atoms with van der Waals surface area (Å²) in [5.74, 6) is -0.217. The molecule has 1 aliphatic heterocycles. The van der Waals surface area contributed by atoms with Gasteiger partial charge in [0.15, 0.2) is 0 Å². The predicted octanol–water partition coefficient (Wildman–Crippen LogP) is 2.18. The van der Waals surface area contributed by atoms with Crippen LogP contribution in [0, 0.1) is 0 Å². The monoisotopic (exact) mass is 237 g/mol. The average Bonchev–Trinajstić information content (AvgIpc) is 2.55. The number of benzene rings is 1.